The van der Waals surface area contributed by atoms with Crippen molar-refractivity contribution < 1.29 is 19.1 Å². The van der Waals surface area contributed by atoms with Crippen LogP contribution in [0.4, 0.5) is 10.8 Å². The molecular weight excluding hydrogens is 442 g/mol. The van der Waals surface area contributed by atoms with Gasteiger partial charge < -0.3 is 25.0 Å². The number of nitrogens with one attached hydrogen (secondary N) is 2. The number of anilines is 2. The molecule has 174 valence electrons. The van der Waals surface area contributed by atoms with Crippen LogP contribution < -0.4 is 15.4 Å². The first-order chi connectivity index (χ1) is 16.1. The van der Waals surface area contributed by atoms with Gasteiger partial charge in [-0.3, -0.25) is 14.6 Å². The van der Waals surface area contributed by atoms with E-state index in [9.17, 15) is 9.59 Å². The van der Waals surface area contributed by atoms with Crippen molar-refractivity contribution in [2.75, 3.05) is 39.2 Å². The second-order valence-electron chi connectivity index (χ2n) is 7.03. The second-order valence-corrected chi connectivity index (χ2v) is 7.89. The number of amides is 2. The van der Waals surface area contributed by atoms with Crippen LogP contribution in [0.15, 0.2) is 54.0 Å². The van der Waals surface area contributed by atoms with Crippen LogP contribution in [0.25, 0.3) is 0 Å². The van der Waals surface area contributed by atoms with Gasteiger partial charge in [0.25, 0.3) is 5.91 Å². The van der Waals surface area contributed by atoms with Crippen molar-refractivity contribution in [2.24, 2.45) is 0 Å². The number of hydrogen-bond donors (Lipinski definition) is 2. The second kappa shape index (κ2) is 12.5. The molecular formula is C23H27N5O4S. The topological polar surface area (TPSA) is 106 Å². The average Bonchev–Trinajstić information content (AvgIpc) is 3.31. The Balaban J connectivity index is 1.57. The molecule has 3 aromatic rings. The fourth-order valence-corrected chi connectivity index (χ4v) is 3.65. The molecule has 0 saturated heterocycles. The number of pyridine rings is 1. The van der Waals surface area contributed by atoms with Crippen LogP contribution >= 0.6 is 11.3 Å². The van der Waals surface area contributed by atoms with E-state index < -0.39 is 0 Å². The van der Waals surface area contributed by atoms with Crippen LogP contribution in [0.2, 0.25) is 0 Å². The molecule has 0 saturated carbocycles. The first kappa shape index (κ1) is 24.1. The number of carbonyl (C=O) groups excluding carboxylic acids is 2. The Bertz CT molecular complexity index is 1040. The van der Waals surface area contributed by atoms with Crippen LogP contribution in [0.3, 0.4) is 0 Å². The maximum absolute atomic E-state index is 13.0. The van der Waals surface area contributed by atoms with Crippen LogP contribution in [0.5, 0.6) is 5.75 Å². The summed E-state index contributed by atoms with van der Waals surface area (Å²) < 4.78 is 10.4. The standard InChI is InChI=1S/C23H27N5O4S/c1-31-13-12-28(11-9-21(29)25-15-18-6-3-4-10-24-18)22(30)20-16-33-23(27-20)26-17-7-5-8-19(14-17)32-2/h3-8,10,14,16H,9,11-13,15H2,1-2H3,(H,25,29)(H,26,27). The summed E-state index contributed by atoms with van der Waals surface area (Å²) in [6, 6.07) is 13.0. The Morgan fingerprint density at radius 1 is 1.12 bits per heavy atom. The van der Waals surface area contributed by atoms with Crippen molar-refractivity contribution in [3.05, 3.63) is 65.4 Å². The normalized spacial score (nSPS) is 10.5. The van der Waals surface area contributed by atoms with Crippen molar-refractivity contribution >= 4 is 34.0 Å². The van der Waals surface area contributed by atoms with Gasteiger partial charge in [-0.1, -0.05) is 12.1 Å². The lowest BCUT2D eigenvalue weighted by Crippen LogP contribution is -2.37. The largest absolute Gasteiger partial charge is 0.497 e. The van der Waals surface area contributed by atoms with Crippen molar-refractivity contribution in [2.45, 2.75) is 13.0 Å². The van der Waals surface area contributed by atoms with Gasteiger partial charge in [0.05, 0.1) is 26.0 Å². The first-order valence-corrected chi connectivity index (χ1v) is 11.3. The predicted molar refractivity (Wildman–Crippen MR) is 127 cm³/mol. The molecule has 0 fully saturated rings. The van der Waals surface area contributed by atoms with Gasteiger partial charge in [0.15, 0.2) is 5.13 Å². The number of hydrogen-bond acceptors (Lipinski definition) is 8. The van der Waals surface area contributed by atoms with E-state index in [1.165, 1.54) is 11.3 Å². The monoisotopic (exact) mass is 469 g/mol. The van der Waals surface area contributed by atoms with E-state index >= 15 is 0 Å². The minimum Gasteiger partial charge on any atom is -0.497 e. The summed E-state index contributed by atoms with van der Waals surface area (Å²) in [7, 11) is 3.17. The van der Waals surface area contributed by atoms with Gasteiger partial charge in [-0.2, -0.15) is 0 Å². The smallest absolute Gasteiger partial charge is 0.273 e. The summed E-state index contributed by atoms with van der Waals surface area (Å²) in [5.41, 5.74) is 1.90. The fraction of sp³-hybridized carbons (Fsp3) is 0.304. The van der Waals surface area contributed by atoms with Crippen molar-refractivity contribution in [3.63, 3.8) is 0 Å². The van der Waals surface area contributed by atoms with E-state index in [1.54, 1.807) is 30.7 Å². The zero-order valence-electron chi connectivity index (χ0n) is 18.6. The molecule has 0 unspecified atom stereocenters. The van der Waals surface area contributed by atoms with Gasteiger partial charge in [-0.15, -0.1) is 11.3 Å². The molecule has 0 radical (unpaired) electrons. The van der Waals surface area contributed by atoms with Gasteiger partial charge in [0.1, 0.15) is 11.4 Å². The molecule has 1 aromatic carbocycles. The van der Waals surface area contributed by atoms with E-state index in [2.05, 4.69) is 20.6 Å². The summed E-state index contributed by atoms with van der Waals surface area (Å²) in [6.07, 6.45) is 1.85. The number of rotatable bonds is 12. The van der Waals surface area contributed by atoms with Crippen LogP contribution in [0, 0.1) is 0 Å². The zero-order valence-corrected chi connectivity index (χ0v) is 19.4. The third kappa shape index (κ3) is 7.55. The molecule has 3 rings (SSSR count). The predicted octanol–water partition coefficient (Wildman–Crippen LogP) is 3.09. The zero-order chi connectivity index (χ0) is 23.5. The summed E-state index contributed by atoms with van der Waals surface area (Å²) >= 11 is 1.33. The van der Waals surface area contributed by atoms with Gasteiger partial charge in [-0.25, -0.2) is 4.98 Å². The molecule has 2 aromatic heterocycles. The summed E-state index contributed by atoms with van der Waals surface area (Å²) in [6.45, 7) is 1.32. The summed E-state index contributed by atoms with van der Waals surface area (Å²) in [5, 5.41) is 8.30. The minimum absolute atomic E-state index is 0.158. The number of ether oxygens (including phenoxy) is 2. The van der Waals surface area contributed by atoms with Crippen molar-refractivity contribution in [1.82, 2.24) is 20.2 Å². The maximum atomic E-state index is 13.0. The number of carbonyl (C=O) groups is 2. The average molecular weight is 470 g/mol. The van der Waals surface area contributed by atoms with Gasteiger partial charge in [-0.05, 0) is 24.3 Å². The van der Waals surface area contributed by atoms with Gasteiger partial charge in [0.2, 0.25) is 5.91 Å². The lowest BCUT2D eigenvalue weighted by molar-refractivity contribution is -0.121. The van der Waals surface area contributed by atoms with E-state index in [1.807, 2.05) is 42.5 Å². The Morgan fingerprint density at radius 2 is 2.00 bits per heavy atom. The molecule has 33 heavy (non-hydrogen) atoms. The van der Waals surface area contributed by atoms with Crippen molar-refractivity contribution in [3.8, 4) is 5.75 Å². The maximum Gasteiger partial charge on any atom is 0.273 e. The van der Waals surface area contributed by atoms with Crippen LogP contribution in [-0.2, 0) is 16.1 Å². The number of benzene rings is 1. The molecule has 2 amide bonds. The highest BCUT2D eigenvalue weighted by Gasteiger charge is 2.20. The molecule has 10 heteroatoms. The Kier molecular flexibility index (Phi) is 9.16. The number of nitrogens with zero attached hydrogens (tertiary/aromatic N) is 3. The quantitative estimate of drug-likeness (QED) is 0.420. The summed E-state index contributed by atoms with van der Waals surface area (Å²) in [4.78, 5) is 35.5. The van der Waals surface area contributed by atoms with E-state index in [0.29, 0.717) is 30.5 Å². The molecule has 0 aliphatic rings. The number of aromatic nitrogens is 2. The third-order valence-electron chi connectivity index (χ3n) is 4.70. The van der Waals surface area contributed by atoms with Crippen molar-refractivity contribution in [1.29, 1.82) is 0 Å². The molecule has 2 heterocycles. The Hall–Kier alpha value is -3.50. The molecule has 0 spiro atoms. The summed E-state index contributed by atoms with van der Waals surface area (Å²) in [5.74, 6) is 0.314. The highest BCUT2D eigenvalue weighted by Crippen LogP contribution is 2.24. The minimum atomic E-state index is -0.250. The molecule has 0 aliphatic heterocycles. The van der Waals surface area contributed by atoms with E-state index in [4.69, 9.17) is 9.47 Å². The Morgan fingerprint density at radius 3 is 2.76 bits per heavy atom. The molecule has 0 aliphatic carbocycles. The highest BCUT2D eigenvalue weighted by atomic mass is 32.1. The van der Waals surface area contributed by atoms with Gasteiger partial charge >= 0.3 is 0 Å². The van der Waals surface area contributed by atoms with E-state index in [0.717, 1.165) is 17.1 Å². The number of thiazole rings is 1. The lowest BCUT2D eigenvalue weighted by atomic mass is 10.3. The highest BCUT2D eigenvalue weighted by molar-refractivity contribution is 7.14. The van der Waals surface area contributed by atoms with Gasteiger partial charge in [0, 0.05) is 50.0 Å². The molecule has 0 bridgehead atoms. The molecule has 0 atom stereocenters. The number of methoxy groups -OCH3 is 2. The third-order valence-corrected chi connectivity index (χ3v) is 5.46. The first-order valence-electron chi connectivity index (χ1n) is 10.4. The SMILES string of the molecule is COCCN(CCC(=O)NCc1ccccn1)C(=O)c1csc(Nc2cccc(OC)c2)n1. The van der Waals surface area contributed by atoms with E-state index in [-0.39, 0.29) is 24.8 Å². The molecule has 9 nitrogen and oxygen atoms in total. The van der Waals surface area contributed by atoms with Crippen LogP contribution in [0.1, 0.15) is 22.6 Å². The Labute approximate surface area is 196 Å². The van der Waals surface area contributed by atoms with Crippen LogP contribution in [-0.4, -0.2) is 60.6 Å². The fourth-order valence-electron chi connectivity index (χ4n) is 2.95. The lowest BCUT2D eigenvalue weighted by Gasteiger charge is -2.21. The molecule has 2 N–H and O–H groups in total.